The third-order valence-electron chi connectivity index (χ3n) is 6.47. The first-order valence-electron chi connectivity index (χ1n) is 11.6. The van der Waals surface area contributed by atoms with Crippen LogP contribution in [0.15, 0.2) is 42.0 Å². The number of ketones is 1. The molecule has 1 unspecified atom stereocenters. The van der Waals surface area contributed by atoms with Gasteiger partial charge in [-0.05, 0) is 49.5 Å². The highest BCUT2D eigenvalue weighted by Crippen LogP contribution is 2.44. The SMILES string of the molecule is CCN(CC)CCN1C(=O)C(=O)C(=C(O)c2ccc3c(c2)OCO3)C1c1cc(OC)ccc1OC. The van der Waals surface area contributed by atoms with Crippen molar-refractivity contribution in [1.29, 1.82) is 0 Å². The number of Topliss-reactive ketones (excluding diaryl/α,β-unsaturated/α-hetero) is 1. The summed E-state index contributed by atoms with van der Waals surface area (Å²) in [6.07, 6.45) is 0. The molecule has 0 aliphatic carbocycles. The van der Waals surface area contributed by atoms with E-state index in [1.54, 1.807) is 36.4 Å². The maximum atomic E-state index is 13.3. The van der Waals surface area contributed by atoms with Crippen LogP contribution in [-0.2, 0) is 9.59 Å². The molecule has 186 valence electrons. The second kappa shape index (κ2) is 10.3. The van der Waals surface area contributed by atoms with Crippen LogP contribution in [0.25, 0.3) is 5.76 Å². The lowest BCUT2D eigenvalue weighted by atomic mass is 9.94. The predicted molar refractivity (Wildman–Crippen MR) is 129 cm³/mol. The summed E-state index contributed by atoms with van der Waals surface area (Å²) in [5.41, 5.74) is 0.885. The first kappa shape index (κ1) is 24.4. The molecule has 2 heterocycles. The number of methoxy groups -OCH3 is 2. The van der Waals surface area contributed by atoms with Gasteiger partial charge in [-0.1, -0.05) is 13.8 Å². The summed E-state index contributed by atoms with van der Waals surface area (Å²) < 4.78 is 21.8. The van der Waals surface area contributed by atoms with E-state index in [0.29, 0.717) is 47.2 Å². The van der Waals surface area contributed by atoms with Crippen molar-refractivity contribution in [2.45, 2.75) is 19.9 Å². The quantitative estimate of drug-likeness (QED) is 0.331. The van der Waals surface area contributed by atoms with Gasteiger partial charge in [-0.15, -0.1) is 0 Å². The average molecular weight is 483 g/mol. The number of benzene rings is 2. The van der Waals surface area contributed by atoms with E-state index >= 15 is 0 Å². The van der Waals surface area contributed by atoms with Crippen molar-refractivity contribution in [3.8, 4) is 23.0 Å². The molecule has 0 aromatic heterocycles. The molecule has 2 aromatic rings. The number of hydrogen-bond donors (Lipinski definition) is 1. The molecule has 35 heavy (non-hydrogen) atoms. The van der Waals surface area contributed by atoms with Crippen molar-refractivity contribution in [3.63, 3.8) is 0 Å². The lowest BCUT2D eigenvalue weighted by molar-refractivity contribution is -0.140. The molecule has 9 nitrogen and oxygen atoms in total. The van der Waals surface area contributed by atoms with Gasteiger partial charge in [0.05, 0.1) is 25.8 Å². The molecule has 1 fully saturated rings. The number of aliphatic hydroxyl groups excluding tert-OH is 1. The lowest BCUT2D eigenvalue weighted by Gasteiger charge is -2.29. The van der Waals surface area contributed by atoms with E-state index < -0.39 is 17.7 Å². The Morgan fingerprint density at radius 3 is 2.49 bits per heavy atom. The second-order valence-corrected chi connectivity index (χ2v) is 8.20. The normalized spacial score (nSPS) is 18.4. The van der Waals surface area contributed by atoms with Crippen LogP contribution < -0.4 is 18.9 Å². The van der Waals surface area contributed by atoms with Crippen LogP contribution in [0.3, 0.4) is 0 Å². The molecule has 2 aliphatic heterocycles. The van der Waals surface area contributed by atoms with E-state index in [1.165, 1.54) is 19.1 Å². The van der Waals surface area contributed by atoms with Crippen LogP contribution in [0.5, 0.6) is 23.0 Å². The highest BCUT2D eigenvalue weighted by Gasteiger charge is 2.47. The van der Waals surface area contributed by atoms with Gasteiger partial charge in [0.25, 0.3) is 11.7 Å². The highest BCUT2D eigenvalue weighted by molar-refractivity contribution is 6.46. The van der Waals surface area contributed by atoms with Gasteiger partial charge in [0.1, 0.15) is 17.3 Å². The molecule has 2 aliphatic rings. The molecule has 0 radical (unpaired) electrons. The van der Waals surface area contributed by atoms with Crippen molar-refractivity contribution >= 4 is 17.4 Å². The Morgan fingerprint density at radius 2 is 1.80 bits per heavy atom. The third kappa shape index (κ3) is 4.51. The Bertz CT molecular complexity index is 1160. The van der Waals surface area contributed by atoms with Crippen LogP contribution >= 0.6 is 0 Å². The molecule has 9 heteroatoms. The Hall–Kier alpha value is -3.72. The Balaban J connectivity index is 1.86. The van der Waals surface area contributed by atoms with E-state index in [9.17, 15) is 14.7 Å². The minimum atomic E-state index is -0.860. The number of ether oxygens (including phenoxy) is 4. The predicted octanol–water partition coefficient (Wildman–Crippen LogP) is 3.20. The molecule has 0 bridgehead atoms. The van der Waals surface area contributed by atoms with Gasteiger partial charge in [0, 0.05) is 24.2 Å². The first-order chi connectivity index (χ1) is 16.9. The number of hydrogen-bond acceptors (Lipinski definition) is 8. The maximum absolute atomic E-state index is 13.3. The number of rotatable bonds is 9. The summed E-state index contributed by atoms with van der Waals surface area (Å²) in [6.45, 7) is 6.66. The van der Waals surface area contributed by atoms with Crippen molar-refractivity contribution in [3.05, 3.63) is 53.1 Å². The summed E-state index contributed by atoms with van der Waals surface area (Å²) in [4.78, 5) is 30.3. The summed E-state index contributed by atoms with van der Waals surface area (Å²) in [7, 11) is 3.06. The summed E-state index contributed by atoms with van der Waals surface area (Å²) in [6, 6.07) is 9.22. The van der Waals surface area contributed by atoms with Crippen molar-refractivity contribution < 1.29 is 33.6 Å². The van der Waals surface area contributed by atoms with E-state index in [2.05, 4.69) is 4.90 Å². The zero-order valence-electron chi connectivity index (χ0n) is 20.4. The number of aliphatic hydroxyl groups is 1. The fraction of sp³-hybridized carbons (Fsp3) is 0.385. The largest absolute Gasteiger partial charge is 0.507 e. The van der Waals surface area contributed by atoms with E-state index in [-0.39, 0.29) is 18.1 Å². The molecule has 0 spiro atoms. The monoisotopic (exact) mass is 482 g/mol. The van der Waals surface area contributed by atoms with Gasteiger partial charge in [-0.25, -0.2) is 0 Å². The van der Waals surface area contributed by atoms with Crippen LogP contribution in [0.4, 0.5) is 0 Å². The zero-order chi connectivity index (χ0) is 25.1. The van der Waals surface area contributed by atoms with Gasteiger partial charge >= 0.3 is 0 Å². The Labute approximate surface area is 204 Å². The molecule has 1 N–H and O–H groups in total. The van der Waals surface area contributed by atoms with Crippen LogP contribution in [0.1, 0.15) is 31.0 Å². The van der Waals surface area contributed by atoms with Crippen molar-refractivity contribution in [1.82, 2.24) is 9.80 Å². The maximum Gasteiger partial charge on any atom is 0.295 e. The fourth-order valence-electron chi connectivity index (χ4n) is 4.48. The standard InChI is InChI=1S/C26H30N2O7/c1-5-27(6-2)11-12-28-23(18-14-17(32-3)8-10-19(18)33-4)22(25(30)26(28)31)24(29)16-7-9-20-21(13-16)35-15-34-20/h7-10,13-14,23,29H,5-6,11-12,15H2,1-4H3. The van der Waals surface area contributed by atoms with Gasteiger partial charge in [-0.2, -0.15) is 0 Å². The average Bonchev–Trinajstić information content (AvgIpc) is 3.46. The van der Waals surface area contributed by atoms with Crippen molar-refractivity contribution in [2.75, 3.05) is 47.2 Å². The summed E-state index contributed by atoms with van der Waals surface area (Å²) in [5, 5.41) is 11.4. The number of carbonyl (C=O) groups excluding carboxylic acids is 2. The van der Waals surface area contributed by atoms with Gasteiger partial charge < -0.3 is 33.9 Å². The first-order valence-corrected chi connectivity index (χ1v) is 11.6. The Kier molecular flexibility index (Phi) is 7.16. The number of likely N-dealkylation sites (tertiary alicyclic amines) is 1. The number of carbonyl (C=O) groups is 2. The van der Waals surface area contributed by atoms with Crippen LogP contribution in [-0.4, -0.2) is 73.8 Å². The molecule has 1 saturated heterocycles. The molecule has 2 aromatic carbocycles. The summed E-state index contributed by atoms with van der Waals surface area (Å²) in [5.74, 6) is 0.304. The van der Waals surface area contributed by atoms with Gasteiger partial charge in [0.15, 0.2) is 11.5 Å². The number of likely N-dealkylation sites (N-methyl/N-ethyl adjacent to an activating group) is 1. The molecule has 0 saturated carbocycles. The van der Waals surface area contributed by atoms with Crippen molar-refractivity contribution in [2.24, 2.45) is 0 Å². The number of fused-ring (bicyclic) bond motifs is 1. The molecule has 1 amide bonds. The summed E-state index contributed by atoms with van der Waals surface area (Å²) >= 11 is 0. The molecular weight excluding hydrogens is 452 g/mol. The number of amides is 1. The van der Waals surface area contributed by atoms with E-state index in [4.69, 9.17) is 18.9 Å². The van der Waals surface area contributed by atoms with Crippen LogP contribution in [0.2, 0.25) is 0 Å². The fourth-order valence-corrected chi connectivity index (χ4v) is 4.48. The lowest BCUT2D eigenvalue weighted by Crippen LogP contribution is -2.38. The molecule has 1 atom stereocenters. The Morgan fingerprint density at radius 1 is 1.06 bits per heavy atom. The molecular formula is C26H30N2O7. The smallest absolute Gasteiger partial charge is 0.295 e. The van der Waals surface area contributed by atoms with E-state index in [1.807, 2.05) is 13.8 Å². The minimum Gasteiger partial charge on any atom is -0.507 e. The van der Waals surface area contributed by atoms with Crippen LogP contribution in [0, 0.1) is 0 Å². The topological polar surface area (TPSA) is 97.8 Å². The zero-order valence-corrected chi connectivity index (χ0v) is 20.4. The second-order valence-electron chi connectivity index (χ2n) is 8.20. The molecule has 4 rings (SSSR count). The minimum absolute atomic E-state index is 0.0139. The highest BCUT2D eigenvalue weighted by atomic mass is 16.7. The number of nitrogens with zero attached hydrogens (tertiary/aromatic N) is 2. The van der Waals surface area contributed by atoms with Gasteiger partial charge in [-0.3, -0.25) is 9.59 Å². The third-order valence-corrected chi connectivity index (χ3v) is 6.47. The van der Waals surface area contributed by atoms with E-state index in [0.717, 1.165) is 13.1 Å². The van der Waals surface area contributed by atoms with Gasteiger partial charge in [0.2, 0.25) is 6.79 Å².